The molecule has 0 aliphatic rings. The Kier molecular flexibility index (Phi) is 5.25. The van der Waals surface area contributed by atoms with Gasteiger partial charge in [-0.15, -0.1) is 0 Å². The Labute approximate surface area is 130 Å². The smallest absolute Gasteiger partial charge is 0.416 e. The second-order valence-electron chi connectivity index (χ2n) is 5.01. The predicted molar refractivity (Wildman–Crippen MR) is 76.6 cm³/mol. The van der Waals surface area contributed by atoms with Gasteiger partial charge in [0.15, 0.2) is 0 Å². The number of benzene rings is 1. The standard InChI is InChI=1S/C15H16F3N3O2/c16-15(17,18)12-4-1-3-11(7-12)8-21-9-13(20-10-21)5-2-6-23-14(19)22/h1,3-4,7,9-10H,2,5-6,8H2,(H2,19,22). The number of rotatable bonds is 6. The van der Waals surface area contributed by atoms with Crippen LogP contribution >= 0.6 is 0 Å². The average Bonchev–Trinajstić information content (AvgIpc) is 2.90. The summed E-state index contributed by atoms with van der Waals surface area (Å²) in [6, 6.07) is 5.19. The molecule has 1 aromatic heterocycles. The number of nitrogens with two attached hydrogens (primary N) is 1. The molecule has 0 spiro atoms. The van der Waals surface area contributed by atoms with E-state index in [9.17, 15) is 18.0 Å². The lowest BCUT2D eigenvalue weighted by Gasteiger charge is -2.09. The molecule has 23 heavy (non-hydrogen) atoms. The number of alkyl halides is 3. The summed E-state index contributed by atoms with van der Waals surface area (Å²) in [7, 11) is 0. The van der Waals surface area contributed by atoms with Crippen molar-refractivity contribution in [1.82, 2.24) is 9.55 Å². The number of carbonyl (C=O) groups is 1. The minimum atomic E-state index is -4.35. The highest BCUT2D eigenvalue weighted by molar-refractivity contribution is 5.64. The molecular formula is C15H16F3N3O2. The normalized spacial score (nSPS) is 11.4. The lowest BCUT2D eigenvalue weighted by molar-refractivity contribution is -0.137. The van der Waals surface area contributed by atoms with Gasteiger partial charge in [0, 0.05) is 12.7 Å². The number of amides is 1. The van der Waals surface area contributed by atoms with Gasteiger partial charge in [-0.3, -0.25) is 0 Å². The fourth-order valence-corrected chi connectivity index (χ4v) is 2.10. The summed E-state index contributed by atoms with van der Waals surface area (Å²) in [5.41, 5.74) is 5.49. The highest BCUT2D eigenvalue weighted by atomic mass is 19.4. The molecule has 1 heterocycles. The fourth-order valence-electron chi connectivity index (χ4n) is 2.10. The molecule has 0 unspecified atom stereocenters. The van der Waals surface area contributed by atoms with Crippen LogP contribution in [0.2, 0.25) is 0 Å². The molecule has 124 valence electrons. The van der Waals surface area contributed by atoms with E-state index in [0.29, 0.717) is 24.9 Å². The molecule has 0 fully saturated rings. The summed E-state index contributed by atoms with van der Waals surface area (Å²) in [5.74, 6) is 0. The number of halogens is 3. The van der Waals surface area contributed by atoms with Gasteiger partial charge in [0.05, 0.1) is 24.2 Å². The molecule has 0 atom stereocenters. The second-order valence-corrected chi connectivity index (χ2v) is 5.01. The van der Waals surface area contributed by atoms with Gasteiger partial charge < -0.3 is 15.0 Å². The van der Waals surface area contributed by atoms with Gasteiger partial charge in [-0.1, -0.05) is 12.1 Å². The van der Waals surface area contributed by atoms with E-state index in [2.05, 4.69) is 9.72 Å². The maximum Gasteiger partial charge on any atom is 0.416 e. The first-order valence-electron chi connectivity index (χ1n) is 6.93. The topological polar surface area (TPSA) is 70.1 Å². The number of ether oxygens (including phenoxy) is 1. The molecule has 2 aromatic rings. The average molecular weight is 327 g/mol. The summed E-state index contributed by atoms with van der Waals surface area (Å²) < 4.78 is 44.3. The third-order valence-electron chi connectivity index (χ3n) is 3.13. The molecule has 0 saturated carbocycles. The van der Waals surface area contributed by atoms with Crippen LogP contribution in [0.5, 0.6) is 0 Å². The van der Waals surface area contributed by atoms with Crippen molar-refractivity contribution >= 4 is 6.09 Å². The summed E-state index contributed by atoms with van der Waals surface area (Å²) >= 11 is 0. The summed E-state index contributed by atoms with van der Waals surface area (Å²) in [6.07, 6.45) is -0.696. The summed E-state index contributed by atoms with van der Waals surface area (Å²) in [5, 5.41) is 0. The van der Waals surface area contributed by atoms with E-state index in [0.717, 1.165) is 17.8 Å². The lowest BCUT2D eigenvalue weighted by atomic mass is 10.1. The SMILES string of the molecule is NC(=O)OCCCc1cn(Cc2cccc(C(F)(F)F)c2)cn1. The third kappa shape index (κ3) is 5.32. The second kappa shape index (κ2) is 7.17. The highest BCUT2D eigenvalue weighted by Gasteiger charge is 2.30. The number of carbonyl (C=O) groups excluding carboxylic acids is 1. The van der Waals surface area contributed by atoms with E-state index in [1.807, 2.05) is 0 Å². The zero-order chi connectivity index (χ0) is 16.9. The monoisotopic (exact) mass is 327 g/mol. The van der Waals surface area contributed by atoms with Gasteiger partial charge in [-0.05, 0) is 30.5 Å². The van der Waals surface area contributed by atoms with Crippen LogP contribution in [0.4, 0.5) is 18.0 Å². The summed E-state index contributed by atoms with van der Waals surface area (Å²) in [6.45, 7) is 0.504. The minimum Gasteiger partial charge on any atom is -0.450 e. The van der Waals surface area contributed by atoms with Gasteiger partial charge in [-0.2, -0.15) is 13.2 Å². The Bertz CT molecular complexity index is 668. The molecule has 0 radical (unpaired) electrons. The Hall–Kier alpha value is -2.51. The van der Waals surface area contributed by atoms with Crippen molar-refractivity contribution in [2.45, 2.75) is 25.6 Å². The number of aryl methyl sites for hydroxylation is 1. The number of aromatic nitrogens is 2. The number of hydrogen-bond acceptors (Lipinski definition) is 3. The van der Waals surface area contributed by atoms with E-state index in [4.69, 9.17) is 5.73 Å². The molecule has 0 aliphatic carbocycles. The highest BCUT2D eigenvalue weighted by Crippen LogP contribution is 2.29. The Morgan fingerprint density at radius 1 is 1.35 bits per heavy atom. The third-order valence-corrected chi connectivity index (χ3v) is 3.13. The van der Waals surface area contributed by atoms with Crippen LogP contribution in [0.3, 0.4) is 0 Å². The Balaban J connectivity index is 1.93. The van der Waals surface area contributed by atoms with Crippen LogP contribution in [0.25, 0.3) is 0 Å². The minimum absolute atomic E-state index is 0.204. The van der Waals surface area contributed by atoms with Gasteiger partial charge in [-0.25, -0.2) is 9.78 Å². The zero-order valence-electron chi connectivity index (χ0n) is 12.2. The van der Waals surface area contributed by atoms with Crippen LogP contribution in [0.15, 0.2) is 36.8 Å². The Morgan fingerprint density at radius 3 is 2.83 bits per heavy atom. The number of imidazole rings is 1. The van der Waals surface area contributed by atoms with Gasteiger partial charge in [0.1, 0.15) is 0 Å². The molecule has 0 saturated heterocycles. The number of hydrogen-bond donors (Lipinski definition) is 1. The molecule has 2 rings (SSSR count). The van der Waals surface area contributed by atoms with Crippen molar-refractivity contribution in [1.29, 1.82) is 0 Å². The summed E-state index contributed by atoms with van der Waals surface area (Å²) in [4.78, 5) is 14.6. The molecular weight excluding hydrogens is 311 g/mol. The zero-order valence-corrected chi connectivity index (χ0v) is 12.2. The molecule has 0 bridgehead atoms. The first-order chi connectivity index (χ1) is 10.8. The number of nitrogens with zero attached hydrogens (tertiary/aromatic N) is 2. The van der Waals surface area contributed by atoms with E-state index in [1.165, 1.54) is 6.07 Å². The van der Waals surface area contributed by atoms with Crippen LogP contribution in [-0.4, -0.2) is 22.3 Å². The van der Waals surface area contributed by atoms with Crippen molar-refractivity contribution < 1.29 is 22.7 Å². The van der Waals surface area contributed by atoms with Crippen LogP contribution in [0.1, 0.15) is 23.2 Å². The Morgan fingerprint density at radius 2 is 2.13 bits per heavy atom. The number of primary amides is 1. The van der Waals surface area contributed by atoms with Crippen molar-refractivity contribution in [2.24, 2.45) is 5.73 Å². The van der Waals surface area contributed by atoms with Crippen molar-refractivity contribution in [3.63, 3.8) is 0 Å². The largest absolute Gasteiger partial charge is 0.450 e. The molecule has 5 nitrogen and oxygen atoms in total. The first kappa shape index (κ1) is 16.9. The van der Waals surface area contributed by atoms with Crippen molar-refractivity contribution in [3.8, 4) is 0 Å². The molecule has 1 aromatic carbocycles. The molecule has 8 heteroatoms. The quantitative estimate of drug-likeness (QED) is 0.829. The molecule has 0 aliphatic heterocycles. The molecule has 1 amide bonds. The van der Waals surface area contributed by atoms with Crippen LogP contribution in [-0.2, 0) is 23.9 Å². The lowest BCUT2D eigenvalue weighted by Crippen LogP contribution is -2.13. The predicted octanol–water partition coefficient (Wildman–Crippen LogP) is 2.98. The van der Waals surface area contributed by atoms with E-state index in [1.54, 1.807) is 23.2 Å². The maximum absolute atomic E-state index is 12.7. The van der Waals surface area contributed by atoms with E-state index in [-0.39, 0.29) is 6.61 Å². The van der Waals surface area contributed by atoms with Gasteiger partial charge >= 0.3 is 12.3 Å². The molecule has 2 N–H and O–H groups in total. The van der Waals surface area contributed by atoms with E-state index >= 15 is 0 Å². The van der Waals surface area contributed by atoms with Crippen LogP contribution < -0.4 is 5.73 Å². The van der Waals surface area contributed by atoms with Crippen molar-refractivity contribution in [3.05, 3.63) is 53.6 Å². The van der Waals surface area contributed by atoms with Crippen LogP contribution in [0, 0.1) is 0 Å². The van der Waals surface area contributed by atoms with E-state index < -0.39 is 17.8 Å². The van der Waals surface area contributed by atoms with Crippen molar-refractivity contribution in [2.75, 3.05) is 6.61 Å². The maximum atomic E-state index is 12.7. The first-order valence-corrected chi connectivity index (χ1v) is 6.93. The fraction of sp³-hybridized carbons (Fsp3) is 0.333. The van der Waals surface area contributed by atoms with Gasteiger partial charge in [0.2, 0.25) is 0 Å². The van der Waals surface area contributed by atoms with Gasteiger partial charge in [0.25, 0.3) is 0 Å².